The van der Waals surface area contributed by atoms with Crippen LogP contribution in [0.5, 0.6) is 0 Å². The van der Waals surface area contributed by atoms with Gasteiger partial charge < -0.3 is 10.5 Å². The minimum Gasteiger partial charge on any atom is -0.373 e. The van der Waals surface area contributed by atoms with Gasteiger partial charge in [-0.1, -0.05) is 12.1 Å². The molecule has 25 heavy (non-hydrogen) atoms. The molecule has 2 atom stereocenters. The van der Waals surface area contributed by atoms with E-state index in [1.807, 2.05) is 0 Å². The summed E-state index contributed by atoms with van der Waals surface area (Å²) >= 11 is 0. The standard InChI is InChI=1S/C16H20F2N2O4S/c1-14(17,18)11-2-4-12(5-3-11)25(22,23)20-13(21)15-6-7-16(8-15,9-19)24-10-15/h2-5H,6-10,19H2,1H3,(H,20,21). The molecular weight excluding hydrogens is 354 g/mol. The van der Waals surface area contributed by atoms with Crippen LogP contribution in [-0.2, 0) is 25.5 Å². The predicted molar refractivity (Wildman–Crippen MR) is 85.4 cm³/mol. The van der Waals surface area contributed by atoms with E-state index in [0.717, 1.165) is 31.2 Å². The van der Waals surface area contributed by atoms with Crippen molar-refractivity contribution in [3.8, 4) is 0 Å². The van der Waals surface area contributed by atoms with Crippen LogP contribution in [0.2, 0.25) is 0 Å². The number of hydrogen-bond donors (Lipinski definition) is 2. The zero-order chi connectivity index (χ0) is 18.5. The molecule has 1 heterocycles. The Labute approximate surface area is 144 Å². The Kier molecular flexibility index (Phi) is 4.17. The van der Waals surface area contributed by atoms with Gasteiger partial charge in [0.1, 0.15) is 0 Å². The van der Waals surface area contributed by atoms with Crippen molar-refractivity contribution in [2.75, 3.05) is 13.2 Å². The molecule has 1 aliphatic carbocycles. The van der Waals surface area contributed by atoms with E-state index in [-0.39, 0.29) is 23.6 Å². The highest BCUT2D eigenvalue weighted by Gasteiger charge is 2.59. The third kappa shape index (κ3) is 3.16. The average molecular weight is 374 g/mol. The number of sulfonamides is 1. The SMILES string of the molecule is CC(F)(F)c1ccc(S(=O)(=O)NC(=O)C23CCC(CN)(C2)OC3)cc1. The van der Waals surface area contributed by atoms with Crippen LogP contribution in [0.4, 0.5) is 8.78 Å². The van der Waals surface area contributed by atoms with Crippen LogP contribution in [0.1, 0.15) is 31.7 Å². The highest BCUT2D eigenvalue weighted by Crippen LogP contribution is 2.52. The summed E-state index contributed by atoms with van der Waals surface area (Å²) in [6.07, 6.45) is 1.50. The number of alkyl halides is 2. The van der Waals surface area contributed by atoms with Crippen molar-refractivity contribution in [1.29, 1.82) is 0 Å². The maximum atomic E-state index is 13.2. The van der Waals surface area contributed by atoms with Crippen molar-refractivity contribution < 1.29 is 26.7 Å². The lowest BCUT2D eigenvalue weighted by molar-refractivity contribution is -0.130. The molecule has 0 spiro atoms. The number of hydrogen-bond acceptors (Lipinski definition) is 5. The van der Waals surface area contributed by atoms with Crippen LogP contribution in [-0.4, -0.2) is 33.1 Å². The number of benzene rings is 1. The van der Waals surface area contributed by atoms with Crippen molar-refractivity contribution in [2.45, 2.75) is 42.6 Å². The van der Waals surface area contributed by atoms with E-state index in [1.165, 1.54) is 0 Å². The molecule has 1 aromatic carbocycles. The van der Waals surface area contributed by atoms with Crippen molar-refractivity contribution in [3.05, 3.63) is 29.8 Å². The van der Waals surface area contributed by atoms with Crippen LogP contribution in [0.25, 0.3) is 0 Å². The first-order chi connectivity index (χ1) is 11.5. The molecule has 1 aliphatic heterocycles. The van der Waals surface area contributed by atoms with Gasteiger partial charge in [0.2, 0.25) is 5.91 Å². The number of nitrogens with one attached hydrogen (secondary N) is 1. The second-order valence-corrected chi connectivity index (χ2v) is 8.66. The monoisotopic (exact) mass is 374 g/mol. The van der Waals surface area contributed by atoms with Gasteiger partial charge >= 0.3 is 0 Å². The lowest BCUT2D eigenvalue weighted by Crippen LogP contribution is -2.43. The number of ether oxygens (including phenoxy) is 1. The maximum absolute atomic E-state index is 13.2. The Bertz CT molecular complexity index is 779. The molecule has 2 fully saturated rings. The van der Waals surface area contributed by atoms with E-state index >= 15 is 0 Å². The molecular formula is C16H20F2N2O4S. The second-order valence-electron chi connectivity index (χ2n) is 6.98. The average Bonchev–Trinajstić information content (AvgIpc) is 3.12. The van der Waals surface area contributed by atoms with Gasteiger partial charge in [0, 0.05) is 19.0 Å². The van der Waals surface area contributed by atoms with E-state index < -0.39 is 32.9 Å². The molecule has 3 N–H and O–H groups in total. The smallest absolute Gasteiger partial charge is 0.270 e. The van der Waals surface area contributed by atoms with E-state index in [9.17, 15) is 22.0 Å². The summed E-state index contributed by atoms with van der Waals surface area (Å²) in [5.74, 6) is -3.70. The normalized spacial score (nSPS) is 29.0. The topological polar surface area (TPSA) is 98.5 Å². The van der Waals surface area contributed by atoms with E-state index in [1.54, 1.807) is 0 Å². The van der Waals surface area contributed by atoms with Gasteiger partial charge in [0.15, 0.2) is 0 Å². The van der Waals surface area contributed by atoms with Gasteiger partial charge in [0.05, 0.1) is 22.5 Å². The molecule has 2 unspecified atom stereocenters. The molecule has 1 saturated carbocycles. The number of carbonyl (C=O) groups excluding carboxylic acids is 1. The van der Waals surface area contributed by atoms with Crippen LogP contribution in [0.15, 0.2) is 29.2 Å². The maximum Gasteiger partial charge on any atom is 0.270 e. The summed E-state index contributed by atoms with van der Waals surface area (Å²) in [7, 11) is -4.15. The number of nitrogens with two attached hydrogens (primary N) is 1. The fourth-order valence-electron chi connectivity index (χ4n) is 3.51. The van der Waals surface area contributed by atoms with E-state index in [4.69, 9.17) is 10.5 Å². The molecule has 1 aromatic rings. The Morgan fingerprint density at radius 3 is 2.40 bits per heavy atom. The zero-order valence-corrected chi connectivity index (χ0v) is 14.5. The first-order valence-electron chi connectivity index (χ1n) is 7.92. The molecule has 1 saturated heterocycles. The first-order valence-corrected chi connectivity index (χ1v) is 9.40. The lowest BCUT2D eigenvalue weighted by Gasteiger charge is -2.26. The molecule has 6 nitrogen and oxygen atoms in total. The summed E-state index contributed by atoms with van der Waals surface area (Å²) in [4.78, 5) is 12.3. The zero-order valence-electron chi connectivity index (χ0n) is 13.7. The van der Waals surface area contributed by atoms with Gasteiger partial charge in [0.25, 0.3) is 15.9 Å². The fraction of sp³-hybridized carbons (Fsp3) is 0.562. The summed E-state index contributed by atoms with van der Waals surface area (Å²) in [6, 6.07) is 4.18. The van der Waals surface area contributed by atoms with Crippen LogP contribution in [0, 0.1) is 5.41 Å². The summed E-state index contributed by atoms with van der Waals surface area (Å²) in [5.41, 5.74) is 3.95. The molecule has 9 heteroatoms. The third-order valence-corrected chi connectivity index (χ3v) is 6.47. The van der Waals surface area contributed by atoms with Gasteiger partial charge in [-0.05, 0) is 31.4 Å². The summed E-state index contributed by atoms with van der Waals surface area (Å²) in [5, 5.41) is 0. The number of rotatable bonds is 5. The third-order valence-electron chi connectivity index (χ3n) is 5.13. The first kappa shape index (κ1) is 18.2. The molecule has 1 amide bonds. The second kappa shape index (κ2) is 5.72. The molecule has 0 radical (unpaired) electrons. The molecule has 138 valence electrons. The van der Waals surface area contributed by atoms with Crippen LogP contribution >= 0.6 is 0 Å². The molecule has 2 bridgehead atoms. The quantitative estimate of drug-likeness (QED) is 0.814. The van der Waals surface area contributed by atoms with Gasteiger partial charge in [-0.2, -0.15) is 0 Å². The van der Waals surface area contributed by atoms with Gasteiger partial charge in [-0.15, -0.1) is 0 Å². The minimum absolute atomic E-state index is 0.131. The predicted octanol–water partition coefficient (Wildman–Crippen LogP) is 1.50. The minimum atomic E-state index is -4.15. The number of halogens is 2. The Hall–Kier alpha value is -1.58. The number of amides is 1. The van der Waals surface area contributed by atoms with E-state index in [2.05, 4.69) is 4.72 Å². The highest BCUT2D eigenvalue weighted by atomic mass is 32.2. The molecule has 0 aromatic heterocycles. The fourth-order valence-corrected chi connectivity index (χ4v) is 4.58. The van der Waals surface area contributed by atoms with Crippen molar-refractivity contribution in [3.63, 3.8) is 0 Å². The van der Waals surface area contributed by atoms with Gasteiger partial charge in [-0.3, -0.25) is 4.79 Å². The van der Waals surface area contributed by atoms with Crippen molar-refractivity contribution in [2.24, 2.45) is 11.1 Å². The van der Waals surface area contributed by atoms with Crippen LogP contribution in [0.3, 0.4) is 0 Å². The summed E-state index contributed by atoms with van der Waals surface area (Å²) in [6.45, 7) is 1.13. The Morgan fingerprint density at radius 1 is 1.32 bits per heavy atom. The van der Waals surface area contributed by atoms with Crippen LogP contribution < -0.4 is 10.5 Å². The Balaban J connectivity index is 1.77. The highest BCUT2D eigenvalue weighted by molar-refractivity contribution is 7.90. The van der Waals surface area contributed by atoms with E-state index in [0.29, 0.717) is 19.3 Å². The van der Waals surface area contributed by atoms with Crippen molar-refractivity contribution in [1.82, 2.24) is 4.72 Å². The number of carbonyl (C=O) groups is 1. The van der Waals surface area contributed by atoms with Gasteiger partial charge in [-0.25, -0.2) is 21.9 Å². The molecule has 3 rings (SSSR count). The Morgan fingerprint density at radius 2 is 1.96 bits per heavy atom. The molecule has 2 aliphatic rings. The van der Waals surface area contributed by atoms with Crippen molar-refractivity contribution >= 4 is 15.9 Å². The largest absolute Gasteiger partial charge is 0.373 e. The number of fused-ring (bicyclic) bond motifs is 2. The lowest BCUT2D eigenvalue weighted by atomic mass is 9.87. The summed E-state index contributed by atoms with van der Waals surface area (Å²) < 4.78 is 58.9.